The van der Waals surface area contributed by atoms with Crippen LogP contribution in [0.15, 0.2) is 0 Å². The molecule has 3 atom stereocenters. The predicted octanol–water partition coefficient (Wildman–Crippen LogP) is 3.01. The standard InChI is InChI=1S/C18H29N3O/c1-12-7-8-17-15(10-12)6-5-9-21(17)18(22)11-16-13(2)19-20(4)14(16)3/h12,15,17H,5-11H2,1-4H3. The molecule has 0 N–H and O–H groups in total. The van der Waals surface area contributed by atoms with Crippen LogP contribution >= 0.6 is 0 Å². The summed E-state index contributed by atoms with van der Waals surface area (Å²) in [5.41, 5.74) is 3.25. The summed E-state index contributed by atoms with van der Waals surface area (Å²) in [6.45, 7) is 7.38. The van der Waals surface area contributed by atoms with E-state index in [1.807, 2.05) is 18.7 Å². The van der Waals surface area contributed by atoms with Crippen molar-refractivity contribution in [2.45, 2.75) is 65.3 Å². The second-order valence-corrected chi connectivity index (χ2v) is 7.42. The average molecular weight is 303 g/mol. The third-order valence-electron chi connectivity index (χ3n) is 5.89. The van der Waals surface area contributed by atoms with Gasteiger partial charge in [0.2, 0.25) is 5.91 Å². The second-order valence-electron chi connectivity index (χ2n) is 7.42. The molecular formula is C18H29N3O. The number of carbonyl (C=O) groups excluding carboxylic acids is 1. The zero-order chi connectivity index (χ0) is 15.9. The van der Waals surface area contributed by atoms with Crippen molar-refractivity contribution < 1.29 is 4.79 Å². The predicted molar refractivity (Wildman–Crippen MR) is 87.6 cm³/mol. The van der Waals surface area contributed by atoms with Crippen LogP contribution in [-0.2, 0) is 18.3 Å². The lowest BCUT2D eigenvalue weighted by molar-refractivity contribution is -0.137. The molecule has 2 heterocycles. The summed E-state index contributed by atoms with van der Waals surface area (Å²) < 4.78 is 1.89. The normalized spacial score (nSPS) is 28.5. The lowest BCUT2D eigenvalue weighted by Crippen LogP contribution is -2.51. The van der Waals surface area contributed by atoms with Crippen molar-refractivity contribution in [1.82, 2.24) is 14.7 Å². The summed E-state index contributed by atoms with van der Waals surface area (Å²) in [6, 6.07) is 0.495. The van der Waals surface area contributed by atoms with E-state index in [9.17, 15) is 4.79 Å². The Morgan fingerprint density at radius 3 is 2.73 bits per heavy atom. The van der Waals surface area contributed by atoms with Gasteiger partial charge in [0.05, 0.1) is 12.1 Å². The molecule has 1 saturated heterocycles. The van der Waals surface area contributed by atoms with Crippen LogP contribution in [0.25, 0.3) is 0 Å². The Morgan fingerprint density at radius 1 is 1.27 bits per heavy atom. The zero-order valence-electron chi connectivity index (χ0n) is 14.4. The number of fused-ring (bicyclic) bond motifs is 1. The SMILES string of the molecule is Cc1nn(C)c(C)c1CC(=O)N1CCCC2CC(C)CCC21. The van der Waals surface area contributed by atoms with Crippen LogP contribution in [0, 0.1) is 25.7 Å². The Morgan fingerprint density at radius 2 is 2.05 bits per heavy atom. The summed E-state index contributed by atoms with van der Waals surface area (Å²) in [5, 5.41) is 4.45. The Labute approximate surface area is 133 Å². The van der Waals surface area contributed by atoms with Gasteiger partial charge in [-0.1, -0.05) is 6.92 Å². The van der Waals surface area contributed by atoms with E-state index in [0.29, 0.717) is 18.4 Å². The van der Waals surface area contributed by atoms with Crippen molar-refractivity contribution in [2.75, 3.05) is 6.54 Å². The molecule has 3 unspecified atom stereocenters. The van der Waals surface area contributed by atoms with Gasteiger partial charge in [0.15, 0.2) is 0 Å². The van der Waals surface area contributed by atoms with Crippen LogP contribution in [0.3, 0.4) is 0 Å². The summed E-state index contributed by atoms with van der Waals surface area (Å²) in [4.78, 5) is 15.1. The van der Waals surface area contributed by atoms with Gasteiger partial charge < -0.3 is 4.90 Å². The highest BCUT2D eigenvalue weighted by atomic mass is 16.2. The van der Waals surface area contributed by atoms with Gasteiger partial charge >= 0.3 is 0 Å². The first-order valence-electron chi connectivity index (χ1n) is 8.76. The Hall–Kier alpha value is -1.32. The molecule has 3 rings (SSSR count). The van der Waals surface area contributed by atoms with E-state index in [1.54, 1.807) is 0 Å². The summed E-state index contributed by atoms with van der Waals surface area (Å²) >= 11 is 0. The zero-order valence-corrected chi connectivity index (χ0v) is 14.4. The first-order valence-corrected chi connectivity index (χ1v) is 8.76. The van der Waals surface area contributed by atoms with Crippen molar-refractivity contribution in [3.63, 3.8) is 0 Å². The van der Waals surface area contributed by atoms with Gasteiger partial charge in [-0.2, -0.15) is 5.10 Å². The number of carbonyl (C=O) groups is 1. The molecule has 22 heavy (non-hydrogen) atoms. The third-order valence-corrected chi connectivity index (χ3v) is 5.89. The fourth-order valence-electron chi connectivity index (χ4n) is 4.53. The molecule has 1 aliphatic heterocycles. The van der Waals surface area contributed by atoms with E-state index in [0.717, 1.165) is 35.3 Å². The molecule has 1 saturated carbocycles. The van der Waals surface area contributed by atoms with Gasteiger partial charge in [-0.25, -0.2) is 0 Å². The first-order chi connectivity index (χ1) is 10.5. The maximum atomic E-state index is 12.9. The lowest BCUT2D eigenvalue weighted by atomic mass is 9.74. The Balaban J connectivity index is 1.74. The number of amides is 1. The van der Waals surface area contributed by atoms with Crippen molar-refractivity contribution >= 4 is 5.91 Å². The number of aryl methyl sites for hydroxylation is 2. The van der Waals surface area contributed by atoms with Gasteiger partial charge in [0.1, 0.15) is 0 Å². The van der Waals surface area contributed by atoms with E-state index in [4.69, 9.17) is 0 Å². The van der Waals surface area contributed by atoms with Crippen molar-refractivity contribution in [3.8, 4) is 0 Å². The van der Waals surface area contributed by atoms with Crippen LogP contribution in [0.4, 0.5) is 0 Å². The number of nitrogens with zero attached hydrogens (tertiary/aromatic N) is 3. The van der Waals surface area contributed by atoms with Gasteiger partial charge in [-0.15, -0.1) is 0 Å². The van der Waals surface area contributed by atoms with Crippen LogP contribution in [0.5, 0.6) is 0 Å². The van der Waals surface area contributed by atoms with E-state index in [1.165, 1.54) is 32.1 Å². The molecule has 0 spiro atoms. The number of aromatic nitrogens is 2. The molecule has 1 aliphatic carbocycles. The van der Waals surface area contributed by atoms with Crippen LogP contribution in [-0.4, -0.2) is 33.2 Å². The largest absolute Gasteiger partial charge is 0.339 e. The fourth-order valence-corrected chi connectivity index (χ4v) is 4.53. The van der Waals surface area contributed by atoms with E-state index < -0.39 is 0 Å². The van der Waals surface area contributed by atoms with Gasteiger partial charge in [-0.3, -0.25) is 9.48 Å². The van der Waals surface area contributed by atoms with E-state index in [2.05, 4.69) is 23.8 Å². The fraction of sp³-hybridized carbons (Fsp3) is 0.778. The number of hydrogen-bond acceptors (Lipinski definition) is 2. The molecule has 1 amide bonds. The van der Waals surface area contributed by atoms with Crippen molar-refractivity contribution in [3.05, 3.63) is 17.0 Å². The summed E-state index contributed by atoms with van der Waals surface area (Å²) in [5.74, 6) is 1.88. The minimum atomic E-state index is 0.309. The highest BCUT2D eigenvalue weighted by Crippen LogP contribution is 2.38. The molecule has 1 aromatic heterocycles. The second kappa shape index (κ2) is 6.05. The molecule has 2 aliphatic rings. The van der Waals surface area contributed by atoms with Crippen molar-refractivity contribution in [2.24, 2.45) is 18.9 Å². The summed E-state index contributed by atoms with van der Waals surface area (Å²) in [7, 11) is 1.95. The minimum Gasteiger partial charge on any atom is -0.339 e. The quantitative estimate of drug-likeness (QED) is 0.842. The highest BCUT2D eigenvalue weighted by molar-refractivity contribution is 5.79. The van der Waals surface area contributed by atoms with Gasteiger partial charge in [-0.05, 0) is 57.8 Å². The average Bonchev–Trinajstić information content (AvgIpc) is 2.72. The maximum Gasteiger partial charge on any atom is 0.227 e. The molecule has 4 nitrogen and oxygen atoms in total. The molecular weight excluding hydrogens is 274 g/mol. The Bertz CT molecular complexity index is 563. The molecule has 0 bridgehead atoms. The topological polar surface area (TPSA) is 38.1 Å². The van der Waals surface area contributed by atoms with Crippen molar-refractivity contribution in [1.29, 1.82) is 0 Å². The van der Waals surface area contributed by atoms with Crippen LogP contribution < -0.4 is 0 Å². The lowest BCUT2D eigenvalue weighted by Gasteiger charge is -2.45. The molecule has 0 aromatic carbocycles. The smallest absolute Gasteiger partial charge is 0.227 e. The molecule has 4 heteroatoms. The number of hydrogen-bond donors (Lipinski definition) is 0. The van der Waals surface area contributed by atoms with Crippen LogP contribution in [0.2, 0.25) is 0 Å². The third kappa shape index (κ3) is 2.80. The molecule has 1 aromatic rings. The molecule has 122 valence electrons. The summed E-state index contributed by atoms with van der Waals surface area (Å²) in [6.07, 6.45) is 6.77. The monoisotopic (exact) mass is 303 g/mol. The highest BCUT2D eigenvalue weighted by Gasteiger charge is 2.37. The molecule has 2 fully saturated rings. The van der Waals surface area contributed by atoms with Gasteiger partial charge in [0, 0.05) is 30.9 Å². The number of piperidine rings is 1. The van der Waals surface area contributed by atoms with E-state index in [-0.39, 0.29) is 0 Å². The number of likely N-dealkylation sites (tertiary alicyclic amines) is 1. The maximum absolute atomic E-state index is 12.9. The number of rotatable bonds is 2. The minimum absolute atomic E-state index is 0.309. The molecule has 0 radical (unpaired) electrons. The van der Waals surface area contributed by atoms with E-state index >= 15 is 0 Å². The van der Waals surface area contributed by atoms with Gasteiger partial charge in [0.25, 0.3) is 0 Å². The van der Waals surface area contributed by atoms with Crippen LogP contribution in [0.1, 0.15) is 56.0 Å². The Kier molecular flexibility index (Phi) is 4.28. The first kappa shape index (κ1) is 15.6.